The number of aromatic nitrogens is 4. The van der Waals surface area contributed by atoms with Crippen molar-refractivity contribution in [3.63, 3.8) is 0 Å². The van der Waals surface area contributed by atoms with Gasteiger partial charge in [-0.3, -0.25) is 4.18 Å². The zero-order valence-corrected chi connectivity index (χ0v) is 15.3. The molecule has 0 saturated heterocycles. The van der Waals surface area contributed by atoms with Crippen LogP contribution in [0.4, 0.5) is 11.8 Å². The molecule has 0 spiro atoms. The summed E-state index contributed by atoms with van der Waals surface area (Å²) in [6, 6.07) is -0.838. The van der Waals surface area contributed by atoms with Gasteiger partial charge >= 0.3 is 29.6 Å². The molecule has 2 aromatic rings. The topological polar surface area (TPSA) is 203 Å². The molecule has 0 amide bonds. The molecule has 0 unspecified atom stereocenters. The van der Waals surface area contributed by atoms with Gasteiger partial charge in [0.25, 0.3) is 0 Å². The van der Waals surface area contributed by atoms with E-state index >= 15 is 0 Å². The van der Waals surface area contributed by atoms with Crippen LogP contribution >= 0.6 is 0 Å². The van der Waals surface area contributed by atoms with E-state index in [2.05, 4.69) is 19.1 Å². The molecule has 126 valence electrons. The van der Waals surface area contributed by atoms with Gasteiger partial charge in [-0.1, -0.05) is 0 Å². The Bertz CT molecular complexity index is 859. The summed E-state index contributed by atoms with van der Waals surface area (Å²) in [5.74, 6) is -0.0751. The molecule has 0 radical (unpaired) electrons. The fraction of sp³-hybridized carbons (Fsp3) is 0.500. The molecule has 0 aliphatic heterocycles. The van der Waals surface area contributed by atoms with Crippen LogP contribution in [0.2, 0.25) is 0 Å². The molecule has 1 aliphatic carbocycles. The van der Waals surface area contributed by atoms with Gasteiger partial charge in [0.2, 0.25) is 16.3 Å². The summed E-state index contributed by atoms with van der Waals surface area (Å²) in [7, 11) is -5.02. The van der Waals surface area contributed by atoms with Crippen LogP contribution in [0.25, 0.3) is 11.2 Å². The van der Waals surface area contributed by atoms with Gasteiger partial charge in [-0.25, -0.2) is 13.4 Å². The molecule has 0 bridgehead atoms. The first-order chi connectivity index (χ1) is 10.7. The van der Waals surface area contributed by atoms with E-state index in [9.17, 15) is 23.2 Å². The predicted octanol–water partition coefficient (Wildman–Crippen LogP) is -5.49. The van der Waals surface area contributed by atoms with E-state index in [1.165, 1.54) is 10.9 Å². The number of fused-ring (bicyclic) bond motifs is 1. The SMILES string of the molecule is Nc1nc(N)c2ncn([C@@H]3C[C@H](OS(=O)(=O)[O-])[C@@H](O)[C@H]3O)c2n1.[Na+]. The molecule has 6 N–H and O–H groups in total. The Kier molecular flexibility index (Phi) is 5.37. The molecule has 2 aromatic heterocycles. The number of anilines is 2. The van der Waals surface area contributed by atoms with Crippen molar-refractivity contribution in [3.05, 3.63) is 6.33 Å². The van der Waals surface area contributed by atoms with Crippen LogP contribution in [0.1, 0.15) is 12.5 Å². The average Bonchev–Trinajstić information content (AvgIpc) is 2.94. The Morgan fingerprint density at radius 1 is 1.29 bits per heavy atom. The maximum absolute atomic E-state index is 10.7. The molecular weight excluding hydrogens is 355 g/mol. The second-order valence-corrected chi connectivity index (χ2v) is 6.13. The van der Waals surface area contributed by atoms with Crippen LogP contribution < -0.4 is 41.0 Å². The van der Waals surface area contributed by atoms with Gasteiger partial charge in [0.05, 0.1) is 12.4 Å². The van der Waals surface area contributed by atoms with Crippen molar-refractivity contribution in [2.75, 3.05) is 11.5 Å². The van der Waals surface area contributed by atoms with Crippen LogP contribution in [-0.4, -0.2) is 61.0 Å². The van der Waals surface area contributed by atoms with Gasteiger partial charge in [0.1, 0.15) is 23.8 Å². The minimum absolute atomic E-state index is 0. The number of hydrogen-bond donors (Lipinski definition) is 4. The van der Waals surface area contributed by atoms with Crippen LogP contribution in [0.3, 0.4) is 0 Å². The van der Waals surface area contributed by atoms with E-state index in [0.717, 1.165) is 0 Å². The number of rotatable bonds is 3. The summed E-state index contributed by atoms with van der Waals surface area (Å²) in [4.78, 5) is 11.7. The summed E-state index contributed by atoms with van der Waals surface area (Å²) < 4.78 is 37.7. The smallest absolute Gasteiger partial charge is 0.726 e. The second-order valence-electron chi connectivity index (χ2n) is 5.12. The van der Waals surface area contributed by atoms with E-state index in [1.807, 2.05) is 0 Å². The maximum Gasteiger partial charge on any atom is 1.00 e. The fourth-order valence-electron chi connectivity index (χ4n) is 2.69. The van der Waals surface area contributed by atoms with Gasteiger partial charge in [-0.2, -0.15) is 9.97 Å². The molecule has 1 fully saturated rings. The quantitative estimate of drug-likeness (QED) is 0.228. The third-order valence-corrected chi connectivity index (χ3v) is 4.15. The van der Waals surface area contributed by atoms with Crippen LogP contribution in [-0.2, 0) is 14.6 Å². The molecule has 14 heteroatoms. The number of hydrogen-bond acceptors (Lipinski definition) is 11. The Hall–Kier alpha value is -1.06. The van der Waals surface area contributed by atoms with Gasteiger partial charge in [0, 0.05) is 6.42 Å². The Labute approximate surface area is 158 Å². The van der Waals surface area contributed by atoms with Crippen LogP contribution in [0.15, 0.2) is 6.33 Å². The summed E-state index contributed by atoms with van der Waals surface area (Å²) in [6.07, 6.45) is -3.22. The molecule has 3 rings (SSSR count). The van der Waals surface area contributed by atoms with Crippen molar-refractivity contribution in [2.45, 2.75) is 30.8 Å². The van der Waals surface area contributed by atoms with E-state index in [1.54, 1.807) is 0 Å². The van der Waals surface area contributed by atoms with Crippen LogP contribution in [0.5, 0.6) is 0 Å². The third-order valence-electron chi connectivity index (χ3n) is 3.66. The molecule has 24 heavy (non-hydrogen) atoms. The summed E-state index contributed by atoms with van der Waals surface area (Å²) >= 11 is 0. The average molecular weight is 368 g/mol. The standard InChI is InChI=1S/C10H14N6O6S.Na/c11-8-5-9(15-10(12)14-8)16(2-13-5)3-1-4(7(18)6(3)17)22-23(19,20)21;/h2-4,6-7,17-18H,1H2,(H,19,20,21)(H4,11,12,14,15);/q;+1/p-1/t3-,4+,6+,7-;/m1./s1. The monoisotopic (exact) mass is 368 g/mol. The van der Waals surface area contributed by atoms with E-state index in [0.29, 0.717) is 0 Å². The number of imidazole rings is 1. The summed E-state index contributed by atoms with van der Waals surface area (Å²) in [5.41, 5.74) is 11.6. The Morgan fingerprint density at radius 3 is 2.58 bits per heavy atom. The molecule has 0 aromatic carbocycles. The molecule has 4 atom stereocenters. The van der Waals surface area contributed by atoms with Gasteiger partial charge < -0.3 is 30.8 Å². The van der Waals surface area contributed by atoms with Gasteiger partial charge in [-0.15, -0.1) is 0 Å². The zero-order chi connectivity index (χ0) is 16.9. The van der Waals surface area contributed by atoms with Crippen LogP contribution in [0, 0.1) is 0 Å². The summed E-state index contributed by atoms with van der Waals surface area (Å²) in [6.45, 7) is 0. The first kappa shape index (κ1) is 19.3. The first-order valence-electron chi connectivity index (χ1n) is 6.43. The number of aliphatic hydroxyl groups excluding tert-OH is 2. The minimum atomic E-state index is -5.02. The normalized spacial score (nSPS) is 27.3. The predicted molar refractivity (Wildman–Crippen MR) is 74.4 cm³/mol. The third kappa shape index (κ3) is 3.48. The van der Waals surface area contributed by atoms with Crippen molar-refractivity contribution in [1.29, 1.82) is 0 Å². The van der Waals surface area contributed by atoms with Crippen molar-refractivity contribution in [3.8, 4) is 0 Å². The van der Waals surface area contributed by atoms with Crippen molar-refractivity contribution >= 4 is 33.3 Å². The minimum Gasteiger partial charge on any atom is -0.726 e. The number of nitrogen functional groups attached to an aromatic ring is 2. The largest absolute Gasteiger partial charge is 1.00 e. The van der Waals surface area contributed by atoms with Gasteiger partial charge in [0.15, 0.2) is 11.5 Å². The van der Waals surface area contributed by atoms with E-state index in [-0.39, 0.29) is 58.9 Å². The first-order valence-corrected chi connectivity index (χ1v) is 7.76. The Morgan fingerprint density at radius 2 is 1.96 bits per heavy atom. The molecule has 2 heterocycles. The van der Waals surface area contributed by atoms with E-state index < -0.39 is 34.8 Å². The molecule has 1 saturated carbocycles. The molecular formula is C10H13N6NaO6S. The van der Waals surface area contributed by atoms with Crippen molar-refractivity contribution in [1.82, 2.24) is 19.5 Å². The number of aliphatic hydroxyl groups is 2. The molecule has 1 aliphatic rings. The maximum atomic E-state index is 10.7. The van der Waals surface area contributed by atoms with Gasteiger partial charge in [-0.05, 0) is 0 Å². The van der Waals surface area contributed by atoms with Crippen molar-refractivity contribution < 1.29 is 56.9 Å². The number of nitrogens with two attached hydrogens (primary N) is 2. The Balaban J connectivity index is 0.00000208. The second kappa shape index (κ2) is 6.68. The fourth-order valence-corrected chi connectivity index (χ4v) is 3.18. The zero-order valence-electron chi connectivity index (χ0n) is 12.5. The summed E-state index contributed by atoms with van der Waals surface area (Å²) in [5, 5.41) is 20.0. The van der Waals surface area contributed by atoms with E-state index in [4.69, 9.17) is 11.5 Å². The van der Waals surface area contributed by atoms with Crippen molar-refractivity contribution in [2.24, 2.45) is 0 Å². The molecule has 12 nitrogen and oxygen atoms in total. The number of nitrogens with zero attached hydrogens (tertiary/aromatic N) is 4.